The number of rotatable bonds is 0. The van der Waals surface area contributed by atoms with Crippen molar-refractivity contribution in [1.82, 2.24) is 0 Å². The quantitative estimate of drug-likeness (QED) is 0.335. The van der Waals surface area contributed by atoms with Gasteiger partial charge in [-0.1, -0.05) is 191 Å². The summed E-state index contributed by atoms with van der Waals surface area (Å²) in [6.07, 6.45) is 2.50. The molecule has 0 saturated heterocycles. The summed E-state index contributed by atoms with van der Waals surface area (Å²) in [7, 11) is 0. The monoisotopic (exact) mass is 426 g/mol. The highest BCUT2D eigenvalue weighted by Crippen LogP contribution is 1.92. The number of hydrogen-bond donors (Lipinski definition) is 0. The van der Waals surface area contributed by atoms with E-state index in [1.54, 1.807) is 0 Å². The molecule has 0 heterocycles. The van der Waals surface area contributed by atoms with Crippen molar-refractivity contribution >= 4 is 0 Å². The molecular weight excluding hydrogens is 372 g/mol. The van der Waals surface area contributed by atoms with Crippen LogP contribution in [0.25, 0.3) is 0 Å². The zero-order chi connectivity index (χ0) is 25.0. The van der Waals surface area contributed by atoms with E-state index in [0.717, 1.165) is 0 Å². The van der Waals surface area contributed by atoms with Gasteiger partial charge in [-0.05, 0) is 6.92 Å². The van der Waals surface area contributed by atoms with Crippen LogP contribution in [0.15, 0.2) is 103 Å². The molecule has 0 bridgehead atoms. The van der Waals surface area contributed by atoms with E-state index in [-0.39, 0.29) is 0 Å². The smallest absolute Gasteiger partial charge is 0.0398 e. The lowest BCUT2D eigenvalue weighted by molar-refractivity contribution is 1.09. The van der Waals surface area contributed by atoms with E-state index in [9.17, 15) is 0 Å². The summed E-state index contributed by atoms with van der Waals surface area (Å²) in [5.74, 6) is 0. The molecule has 178 valence electrons. The van der Waals surface area contributed by atoms with E-state index in [1.807, 2.05) is 133 Å². The van der Waals surface area contributed by atoms with Crippen molar-refractivity contribution in [3.8, 4) is 0 Å². The number of hydrogen-bond acceptors (Lipinski definition) is 0. The van der Waals surface area contributed by atoms with Gasteiger partial charge >= 0.3 is 0 Å². The maximum atomic E-state index is 2.12. The van der Waals surface area contributed by atoms with Gasteiger partial charge in [0.25, 0.3) is 0 Å². The molecule has 0 nitrogen and oxygen atoms in total. The molecule has 0 aliphatic rings. The van der Waals surface area contributed by atoms with Gasteiger partial charge in [0.1, 0.15) is 0 Å². The van der Waals surface area contributed by atoms with Gasteiger partial charge in [0, 0.05) is 0 Å². The maximum absolute atomic E-state index is 2.12. The Kier molecular flexibility index (Phi) is 64.3. The zero-order valence-electron chi connectivity index (χ0n) is 22.7. The van der Waals surface area contributed by atoms with Crippen molar-refractivity contribution in [2.24, 2.45) is 0 Å². The topological polar surface area (TPSA) is 0 Å². The van der Waals surface area contributed by atoms with Crippen LogP contribution in [0, 0.1) is 6.92 Å². The summed E-state index contributed by atoms with van der Waals surface area (Å²) in [4.78, 5) is 0. The zero-order valence-corrected chi connectivity index (χ0v) is 22.7. The fourth-order valence-corrected chi connectivity index (χ4v) is 1.30. The Morgan fingerprint density at radius 2 is 0.484 bits per heavy atom. The lowest BCUT2D eigenvalue weighted by Crippen LogP contribution is -1.62. The minimum Gasteiger partial charge on any atom is -0.0683 e. The Balaban J connectivity index is -0.0000000882. The molecule has 0 fully saturated rings. The van der Waals surface area contributed by atoms with Crippen LogP contribution in [-0.4, -0.2) is 0 Å². The van der Waals surface area contributed by atoms with E-state index in [1.165, 1.54) is 18.4 Å². The van der Waals surface area contributed by atoms with Gasteiger partial charge in [0.05, 0.1) is 0 Å². The molecule has 3 aromatic carbocycles. The van der Waals surface area contributed by atoms with Gasteiger partial charge in [0.15, 0.2) is 0 Å². The Bertz CT molecular complexity index is 428. The first kappa shape index (κ1) is 39.2. The highest BCUT2D eigenvalue weighted by Gasteiger charge is 1.72. The summed E-state index contributed by atoms with van der Waals surface area (Å²) in [5.41, 5.74) is 1.32. The van der Waals surface area contributed by atoms with Crippen LogP contribution in [0.5, 0.6) is 0 Å². The minimum atomic E-state index is 1.25. The summed E-state index contributed by atoms with van der Waals surface area (Å²) < 4.78 is 0. The first-order chi connectivity index (χ1) is 15.2. The number of aryl methyl sites for hydroxylation is 1. The predicted octanol–water partition coefficient (Wildman–Crippen LogP) is 11.3. The van der Waals surface area contributed by atoms with Crippen molar-refractivity contribution in [2.75, 3.05) is 0 Å². The van der Waals surface area contributed by atoms with Crippen LogP contribution in [0.2, 0.25) is 0 Å². The molecule has 0 radical (unpaired) electrons. The minimum absolute atomic E-state index is 1.25. The van der Waals surface area contributed by atoms with E-state index in [2.05, 4.69) is 46.8 Å². The average Bonchev–Trinajstić information content (AvgIpc) is 2.87. The van der Waals surface area contributed by atoms with E-state index in [0.29, 0.717) is 0 Å². The SMILES string of the molecule is CC.CC.CC.CCC.CCC.Cc1ccccc1.c1ccccc1.c1ccccc1. The van der Waals surface area contributed by atoms with Crippen LogP contribution < -0.4 is 0 Å². The predicted molar refractivity (Wildman–Crippen MR) is 150 cm³/mol. The molecule has 0 aromatic heterocycles. The standard InChI is InChI=1S/C7H8.2C6H6.2C3H8.3C2H6/c1-7-5-3-2-4-6-7;2*1-2-4-6-5-3-1;2*1-3-2;3*1-2/h2-6H,1H3;2*1-6H;2*3H2,1-2H3;3*1-2H3. The van der Waals surface area contributed by atoms with Gasteiger partial charge < -0.3 is 0 Å². The second-order valence-electron chi connectivity index (χ2n) is 5.38. The lowest BCUT2D eigenvalue weighted by atomic mass is 10.2. The van der Waals surface area contributed by atoms with Crippen LogP contribution in [0.3, 0.4) is 0 Å². The lowest BCUT2D eigenvalue weighted by Gasteiger charge is -1.82. The third-order valence-electron chi connectivity index (χ3n) is 2.27. The molecule has 0 aliphatic carbocycles. The molecular formula is C31H54. The van der Waals surface area contributed by atoms with Gasteiger partial charge in [-0.3, -0.25) is 0 Å². The van der Waals surface area contributed by atoms with Crippen molar-refractivity contribution < 1.29 is 0 Å². The normalized spacial score (nSPS) is 6.81. The van der Waals surface area contributed by atoms with Crippen LogP contribution in [0.4, 0.5) is 0 Å². The highest BCUT2D eigenvalue weighted by atomic mass is 13.8. The summed E-state index contributed by atoms with van der Waals surface area (Å²) in [6, 6.07) is 34.3. The van der Waals surface area contributed by atoms with Crippen LogP contribution >= 0.6 is 0 Å². The molecule has 3 rings (SSSR count). The van der Waals surface area contributed by atoms with Crippen molar-refractivity contribution in [1.29, 1.82) is 0 Å². The third-order valence-corrected chi connectivity index (χ3v) is 2.27. The fraction of sp³-hybridized carbons (Fsp3) is 0.419. The largest absolute Gasteiger partial charge is 0.0683 e. The second kappa shape index (κ2) is 50.9. The molecule has 0 aliphatic heterocycles. The van der Waals surface area contributed by atoms with Gasteiger partial charge in [0.2, 0.25) is 0 Å². The highest BCUT2D eigenvalue weighted by molar-refractivity contribution is 5.11. The Morgan fingerprint density at radius 3 is 0.581 bits per heavy atom. The van der Waals surface area contributed by atoms with Gasteiger partial charge in [-0.2, -0.15) is 0 Å². The summed E-state index contributed by atoms with van der Waals surface area (Å²) in [5, 5.41) is 0. The first-order valence-corrected chi connectivity index (χ1v) is 12.2. The molecule has 0 atom stereocenters. The Hall–Kier alpha value is -2.34. The maximum Gasteiger partial charge on any atom is -0.0398 e. The molecule has 0 amide bonds. The summed E-state index contributed by atoms with van der Waals surface area (Å²) in [6.45, 7) is 22.6. The molecule has 0 spiro atoms. The van der Waals surface area contributed by atoms with Crippen LogP contribution in [-0.2, 0) is 0 Å². The third kappa shape index (κ3) is 58.4. The van der Waals surface area contributed by atoms with E-state index < -0.39 is 0 Å². The van der Waals surface area contributed by atoms with E-state index in [4.69, 9.17) is 0 Å². The molecule has 0 N–H and O–H groups in total. The second-order valence-corrected chi connectivity index (χ2v) is 5.38. The first-order valence-electron chi connectivity index (χ1n) is 12.2. The van der Waals surface area contributed by atoms with Crippen molar-refractivity contribution in [3.63, 3.8) is 0 Å². The Morgan fingerprint density at radius 1 is 0.355 bits per heavy atom. The van der Waals surface area contributed by atoms with Gasteiger partial charge in [-0.25, -0.2) is 0 Å². The van der Waals surface area contributed by atoms with Crippen molar-refractivity contribution in [3.05, 3.63) is 109 Å². The average molecular weight is 427 g/mol. The molecule has 0 unspecified atom stereocenters. The van der Waals surface area contributed by atoms with Gasteiger partial charge in [-0.15, -0.1) is 0 Å². The van der Waals surface area contributed by atoms with Crippen LogP contribution in [0.1, 0.15) is 87.6 Å². The summed E-state index contributed by atoms with van der Waals surface area (Å²) >= 11 is 0. The molecule has 0 saturated carbocycles. The fourth-order valence-electron chi connectivity index (χ4n) is 1.30. The number of benzene rings is 3. The molecule has 3 aromatic rings. The molecule has 0 heteroatoms. The Labute approximate surface area is 197 Å². The van der Waals surface area contributed by atoms with E-state index >= 15 is 0 Å². The van der Waals surface area contributed by atoms with Crippen molar-refractivity contribution in [2.45, 2.75) is 89.0 Å². The molecule has 31 heavy (non-hydrogen) atoms.